The molecule has 2 aromatic rings. The molecule has 5 nitrogen and oxygen atoms in total. The lowest BCUT2D eigenvalue weighted by atomic mass is 10.1. The monoisotopic (exact) mass is 451 g/mol. The second kappa shape index (κ2) is 11.4. The number of amides is 2. The van der Waals surface area contributed by atoms with Gasteiger partial charge in [-0.25, -0.2) is 0 Å². The van der Waals surface area contributed by atoms with Gasteiger partial charge < -0.3 is 14.4 Å². The molecule has 2 amide bonds. The van der Waals surface area contributed by atoms with E-state index in [9.17, 15) is 9.59 Å². The molecule has 30 heavy (non-hydrogen) atoms. The number of hydrogen-bond acceptors (Lipinski definition) is 2. The van der Waals surface area contributed by atoms with Gasteiger partial charge in [-0.05, 0) is 42.7 Å². The zero-order valence-corrected chi connectivity index (χ0v) is 19.7. The number of hydrogen-bond donors (Lipinski definition) is 0. The lowest BCUT2D eigenvalue weighted by Gasteiger charge is -2.29. The molecular weight excluding hydrogens is 421 g/mol. The molecule has 0 atom stereocenters. The number of carbonyl (C=O) groups excluding carboxylic acids is 2. The quantitative estimate of drug-likeness (QED) is 0.494. The highest BCUT2D eigenvalue weighted by atomic mass is 35.5. The Labute approximate surface area is 189 Å². The Bertz CT molecular complexity index is 864. The van der Waals surface area contributed by atoms with Crippen molar-refractivity contribution in [2.24, 2.45) is 13.0 Å². The maximum absolute atomic E-state index is 13.2. The molecule has 0 fully saturated rings. The zero-order valence-electron chi connectivity index (χ0n) is 18.2. The van der Waals surface area contributed by atoms with E-state index in [1.54, 1.807) is 23.1 Å². The SMILES string of the molecule is CCCCN(CC(=O)N(Cc1cccn1C)CC(C)C)C(=O)c1ccc(Cl)c(Cl)c1. The molecule has 0 aliphatic rings. The van der Waals surface area contributed by atoms with Crippen molar-refractivity contribution < 1.29 is 9.59 Å². The third-order valence-electron chi connectivity index (χ3n) is 4.90. The van der Waals surface area contributed by atoms with Gasteiger partial charge in [-0.1, -0.05) is 50.4 Å². The molecule has 0 spiro atoms. The van der Waals surface area contributed by atoms with E-state index >= 15 is 0 Å². The molecule has 0 aliphatic carbocycles. The summed E-state index contributed by atoms with van der Waals surface area (Å²) in [5.41, 5.74) is 1.49. The number of nitrogens with zero attached hydrogens (tertiary/aromatic N) is 3. The van der Waals surface area contributed by atoms with E-state index in [4.69, 9.17) is 23.2 Å². The van der Waals surface area contributed by atoms with E-state index in [0.29, 0.717) is 41.2 Å². The highest BCUT2D eigenvalue weighted by Crippen LogP contribution is 2.23. The lowest BCUT2D eigenvalue weighted by Crippen LogP contribution is -2.44. The largest absolute Gasteiger partial charge is 0.353 e. The van der Waals surface area contributed by atoms with Crippen LogP contribution in [0.25, 0.3) is 0 Å². The predicted octanol–water partition coefficient (Wildman–Crippen LogP) is 5.26. The molecule has 0 saturated heterocycles. The average molecular weight is 452 g/mol. The molecule has 7 heteroatoms. The lowest BCUT2D eigenvalue weighted by molar-refractivity contribution is -0.133. The van der Waals surface area contributed by atoms with Gasteiger partial charge in [0, 0.05) is 37.6 Å². The molecular formula is C23H31Cl2N3O2. The Morgan fingerprint density at radius 1 is 1.10 bits per heavy atom. The molecule has 1 aromatic heterocycles. The summed E-state index contributed by atoms with van der Waals surface area (Å²) in [4.78, 5) is 29.8. The summed E-state index contributed by atoms with van der Waals surface area (Å²) in [6.45, 7) is 7.93. The summed E-state index contributed by atoms with van der Waals surface area (Å²) in [6.07, 6.45) is 3.72. The maximum atomic E-state index is 13.2. The van der Waals surface area contributed by atoms with Crippen molar-refractivity contribution in [3.63, 3.8) is 0 Å². The Hall–Kier alpha value is -1.98. The molecule has 0 N–H and O–H groups in total. The Balaban J connectivity index is 2.20. The Morgan fingerprint density at radius 2 is 1.83 bits per heavy atom. The normalized spacial score (nSPS) is 11.0. The van der Waals surface area contributed by atoms with Crippen LogP contribution in [0.5, 0.6) is 0 Å². The highest BCUT2D eigenvalue weighted by Gasteiger charge is 2.23. The number of aryl methyl sites for hydroxylation is 1. The van der Waals surface area contributed by atoms with Crippen LogP contribution in [0.4, 0.5) is 0 Å². The minimum atomic E-state index is -0.210. The van der Waals surface area contributed by atoms with Crippen molar-refractivity contribution >= 4 is 35.0 Å². The summed E-state index contributed by atoms with van der Waals surface area (Å²) < 4.78 is 2.01. The number of rotatable bonds is 10. The molecule has 0 radical (unpaired) electrons. The standard InChI is InChI=1S/C23H31Cl2N3O2/c1-5-6-12-27(23(30)18-9-10-20(24)21(25)13-18)16-22(29)28(14-17(2)3)15-19-8-7-11-26(19)4/h7-11,13,17H,5-6,12,14-16H2,1-4H3. The van der Waals surface area contributed by atoms with Crippen LogP contribution >= 0.6 is 23.2 Å². The second-order valence-electron chi connectivity index (χ2n) is 7.99. The molecule has 0 saturated carbocycles. The smallest absolute Gasteiger partial charge is 0.254 e. The summed E-state index contributed by atoms with van der Waals surface area (Å²) >= 11 is 12.1. The zero-order chi connectivity index (χ0) is 22.3. The summed E-state index contributed by atoms with van der Waals surface area (Å²) in [6, 6.07) is 8.80. The van der Waals surface area contributed by atoms with Gasteiger partial charge in [0.15, 0.2) is 0 Å². The van der Waals surface area contributed by atoms with E-state index < -0.39 is 0 Å². The van der Waals surface area contributed by atoms with Crippen LogP contribution < -0.4 is 0 Å². The number of carbonyl (C=O) groups is 2. The Kier molecular flexibility index (Phi) is 9.25. The molecule has 0 aliphatic heterocycles. The second-order valence-corrected chi connectivity index (χ2v) is 8.80. The Morgan fingerprint density at radius 3 is 2.40 bits per heavy atom. The predicted molar refractivity (Wildman–Crippen MR) is 123 cm³/mol. The van der Waals surface area contributed by atoms with Gasteiger partial charge in [-0.3, -0.25) is 9.59 Å². The molecule has 164 valence electrons. The number of aromatic nitrogens is 1. The van der Waals surface area contributed by atoms with Crippen LogP contribution in [0.3, 0.4) is 0 Å². The van der Waals surface area contributed by atoms with Crippen LogP contribution in [-0.2, 0) is 18.4 Å². The minimum absolute atomic E-state index is 0.0379. The first-order valence-corrected chi connectivity index (χ1v) is 11.1. The van der Waals surface area contributed by atoms with E-state index in [1.165, 1.54) is 0 Å². The summed E-state index contributed by atoms with van der Waals surface area (Å²) in [5, 5.41) is 0.726. The van der Waals surface area contributed by atoms with Gasteiger partial charge in [0.25, 0.3) is 5.91 Å². The van der Waals surface area contributed by atoms with E-state index in [2.05, 4.69) is 20.8 Å². The van der Waals surface area contributed by atoms with Gasteiger partial charge in [-0.15, -0.1) is 0 Å². The first kappa shape index (κ1) is 24.3. The van der Waals surface area contributed by atoms with Crippen molar-refractivity contribution in [2.75, 3.05) is 19.6 Å². The summed E-state index contributed by atoms with van der Waals surface area (Å²) in [5.74, 6) is 0.0530. The van der Waals surface area contributed by atoms with Gasteiger partial charge in [0.2, 0.25) is 5.91 Å². The topological polar surface area (TPSA) is 45.6 Å². The average Bonchev–Trinajstić information content (AvgIpc) is 3.10. The van der Waals surface area contributed by atoms with E-state index in [1.807, 2.05) is 34.8 Å². The summed E-state index contributed by atoms with van der Waals surface area (Å²) in [7, 11) is 1.97. The van der Waals surface area contributed by atoms with E-state index in [-0.39, 0.29) is 18.4 Å². The van der Waals surface area contributed by atoms with Crippen LogP contribution in [-0.4, -0.2) is 45.8 Å². The van der Waals surface area contributed by atoms with Gasteiger partial charge >= 0.3 is 0 Å². The van der Waals surface area contributed by atoms with Gasteiger partial charge in [0.1, 0.15) is 6.54 Å². The first-order chi connectivity index (χ1) is 14.2. The number of halogens is 2. The van der Waals surface area contributed by atoms with E-state index in [0.717, 1.165) is 18.5 Å². The van der Waals surface area contributed by atoms with Crippen LogP contribution in [0.15, 0.2) is 36.5 Å². The van der Waals surface area contributed by atoms with Crippen molar-refractivity contribution in [1.29, 1.82) is 0 Å². The van der Waals surface area contributed by atoms with Crippen molar-refractivity contribution in [1.82, 2.24) is 14.4 Å². The van der Waals surface area contributed by atoms with Crippen LogP contribution in [0, 0.1) is 5.92 Å². The number of unbranched alkanes of at least 4 members (excludes halogenated alkanes) is 1. The van der Waals surface area contributed by atoms with Crippen LogP contribution in [0.1, 0.15) is 49.7 Å². The van der Waals surface area contributed by atoms with Crippen LogP contribution in [0.2, 0.25) is 10.0 Å². The number of benzene rings is 1. The van der Waals surface area contributed by atoms with Crippen molar-refractivity contribution in [3.8, 4) is 0 Å². The van der Waals surface area contributed by atoms with Crippen molar-refractivity contribution in [3.05, 3.63) is 57.8 Å². The van der Waals surface area contributed by atoms with Crippen molar-refractivity contribution in [2.45, 2.75) is 40.2 Å². The fraction of sp³-hybridized carbons (Fsp3) is 0.478. The molecule has 0 bridgehead atoms. The molecule has 1 heterocycles. The first-order valence-electron chi connectivity index (χ1n) is 10.3. The highest BCUT2D eigenvalue weighted by molar-refractivity contribution is 6.42. The molecule has 2 rings (SSSR count). The third-order valence-corrected chi connectivity index (χ3v) is 5.64. The molecule has 0 unspecified atom stereocenters. The fourth-order valence-corrected chi connectivity index (χ4v) is 3.53. The molecule has 1 aromatic carbocycles. The maximum Gasteiger partial charge on any atom is 0.254 e. The third kappa shape index (κ3) is 6.78. The van der Waals surface area contributed by atoms with Gasteiger partial charge in [0.05, 0.1) is 16.6 Å². The van der Waals surface area contributed by atoms with Gasteiger partial charge in [-0.2, -0.15) is 0 Å². The minimum Gasteiger partial charge on any atom is -0.353 e. The fourth-order valence-electron chi connectivity index (χ4n) is 3.23.